The van der Waals surface area contributed by atoms with Gasteiger partial charge < -0.3 is 9.64 Å². The molecule has 0 radical (unpaired) electrons. The summed E-state index contributed by atoms with van der Waals surface area (Å²) in [7, 11) is 0. The molecule has 0 spiro atoms. The van der Waals surface area contributed by atoms with Crippen LogP contribution in [0.5, 0.6) is 0 Å². The van der Waals surface area contributed by atoms with Gasteiger partial charge in [-0.15, -0.1) is 11.3 Å². The van der Waals surface area contributed by atoms with Crippen LogP contribution in [0.1, 0.15) is 10.4 Å². The molecule has 3 aromatic rings. The van der Waals surface area contributed by atoms with E-state index in [0.29, 0.717) is 6.54 Å². The number of carbonyl (C=O) groups excluding carboxylic acids is 2. The lowest BCUT2D eigenvalue weighted by atomic mass is 10.2. The first kappa shape index (κ1) is 17.9. The molecule has 0 aliphatic carbocycles. The van der Waals surface area contributed by atoms with Crippen molar-refractivity contribution in [3.63, 3.8) is 0 Å². The quantitative estimate of drug-likeness (QED) is 0.593. The van der Waals surface area contributed by atoms with Crippen LogP contribution in [0, 0.1) is 0 Å². The predicted molar refractivity (Wildman–Crippen MR) is 103 cm³/mol. The normalized spacial score (nSPS) is 10.3. The van der Waals surface area contributed by atoms with E-state index in [1.54, 1.807) is 4.90 Å². The van der Waals surface area contributed by atoms with Gasteiger partial charge >= 0.3 is 5.97 Å². The molecule has 1 aromatic heterocycles. The van der Waals surface area contributed by atoms with Crippen LogP contribution < -0.4 is 4.90 Å². The van der Waals surface area contributed by atoms with E-state index in [-0.39, 0.29) is 18.9 Å². The van der Waals surface area contributed by atoms with Crippen molar-refractivity contribution in [2.24, 2.45) is 0 Å². The molecular formula is C21H19NO3S. The summed E-state index contributed by atoms with van der Waals surface area (Å²) in [5.74, 6) is -0.645. The third-order valence-electron chi connectivity index (χ3n) is 3.81. The van der Waals surface area contributed by atoms with Crippen molar-refractivity contribution in [3.05, 3.63) is 88.6 Å². The number of nitrogens with zero attached hydrogens (tertiary/aromatic N) is 1. The number of hydrogen-bond donors (Lipinski definition) is 0. The second-order valence-electron chi connectivity index (χ2n) is 5.72. The summed E-state index contributed by atoms with van der Waals surface area (Å²) >= 11 is 1.49. The number of hydrogen-bond acceptors (Lipinski definition) is 4. The van der Waals surface area contributed by atoms with E-state index in [4.69, 9.17) is 4.74 Å². The molecule has 0 aliphatic rings. The Kier molecular flexibility index (Phi) is 6.17. The van der Waals surface area contributed by atoms with Crippen molar-refractivity contribution in [1.82, 2.24) is 0 Å². The number of thiophene rings is 1. The summed E-state index contributed by atoms with van der Waals surface area (Å²) in [6.07, 6.45) is 0.189. The van der Waals surface area contributed by atoms with Crippen molar-refractivity contribution in [3.8, 4) is 0 Å². The van der Waals surface area contributed by atoms with E-state index in [1.165, 1.54) is 11.3 Å². The minimum atomic E-state index is -0.395. The summed E-state index contributed by atoms with van der Waals surface area (Å²) < 4.78 is 5.19. The molecule has 5 heteroatoms. The van der Waals surface area contributed by atoms with Crippen LogP contribution in [0.3, 0.4) is 0 Å². The predicted octanol–water partition coefficient (Wildman–Crippen LogP) is 4.07. The number of benzene rings is 2. The summed E-state index contributed by atoms with van der Waals surface area (Å²) in [5, 5.41) is 1.91. The summed E-state index contributed by atoms with van der Waals surface area (Å²) in [6, 6.07) is 22.9. The van der Waals surface area contributed by atoms with Crippen molar-refractivity contribution >= 4 is 28.9 Å². The second kappa shape index (κ2) is 8.97. The maximum absolute atomic E-state index is 12.7. The molecule has 132 valence electrons. The Morgan fingerprint density at radius 2 is 1.58 bits per heavy atom. The van der Waals surface area contributed by atoms with Gasteiger partial charge in [0.05, 0.1) is 13.0 Å². The van der Waals surface area contributed by atoms with Gasteiger partial charge in [0.25, 0.3) is 5.91 Å². The highest BCUT2D eigenvalue weighted by atomic mass is 32.1. The topological polar surface area (TPSA) is 46.6 Å². The third kappa shape index (κ3) is 5.04. The SMILES string of the molecule is O=C(Cc1cccs1)OCC(=O)N(Cc1ccccc1)c1ccccc1. The third-order valence-corrected chi connectivity index (χ3v) is 4.68. The molecule has 0 atom stereocenters. The maximum Gasteiger partial charge on any atom is 0.311 e. The second-order valence-corrected chi connectivity index (χ2v) is 6.75. The zero-order chi connectivity index (χ0) is 18.2. The minimum Gasteiger partial charge on any atom is -0.455 e. The Labute approximate surface area is 156 Å². The molecule has 1 amide bonds. The monoisotopic (exact) mass is 365 g/mol. The van der Waals surface area contributed by atoms with E-state index in [9.17, 15) is 9.59 Å². The molecule has 0 saturated heterocycles. The highest BCUT2D eigenvalue weighted by Gasteiger charge is 2.18. The smallest absolute Gasteiger partial charge is 0.311 e. The van der Waals surface area contributed by atoms with Crippen LogP contribution in [-0.4, -0.2) is 18.5 Å². The van der Waals surface area contributed by atoms with Crippen LogP contribution in [0.25, 0.3) is 0 Å². The molecule has 0 fully saturated rings. The molecule has 3 rings (SSSR count). The number of rotatable bonds is 7. The van der Waals surface area contributed by atoms with Gasteiger partial charge in [-0.1, -0.05) is 54.6 Å². The van der Waals surface area contributed by atoms with Gasteiger partial charge in [-0.3, -0.25) is 9.59 Å². The zero-order valence-electron chi connectivity index (χ0n) is 14.2. The number of amides is 1. The van der Waals surface area contributed by atoms with E-state index in [2.05, 4.69) is 0 Å². The molecule has 0 bridgehead atoms. The van der Waals surface area contributed by atoms with Crippen LogP contribution in [0.2, 0.25) is 0 Å². The molecular weight excluding hydrogens is 346 g/mol. The number of para-hydroxylation sites is 1. The average Bonchev–Trinajstić information content (AvgIpc) is 3.19. The standard InChI is InChI=1S/C21H19NO3S/c23-20(16-25-21(24)14-19-12-7-13-26-19)22(18-10-5-2-6-11-18)15-17-8-3-1-4-9-17/h1-13H,14-16H2. The highest BCUT2D eigenvalue weighted by molar-refractivity contribution is 7.10. The lowest BCUT2D eigenvalue weighted by Crippen LogP contribution is -2.34. The van der Waals surface area contributed by atoms with Crippen molar-refractivity contribution in [2.75, 3.05) is 11.5 Å². The van der Waals surface area contributed by atoms with Crippen molar-refractivity contribution < 1.29 is 14.3 Å². The largest absolute Gasteiger partial charge is 0.455 e. The Morgan fingerprint density at radius 3 is 2.23 bits per heavy atom. The molecule has 0 saturated carbocycles. The van der Waals surface area contributed by atoms with Gasteiger partial charge in [0.15, 0.2) is 6.61 Å². The van der Waals surface area contributed by atoms with Gasteiger partial charge in [0.1, 0.15) is 0 Å². The molecule has 1 heterocycles. The van der Waals surface area contributed by atoms with E-state index >= 15 is 0 Å². The van der Waals surface area contributed by atoms with E-state index < -0.39 is 5.97 Å². The Bertz CT molecular complexity index is 832. The molecule has 0 N–H and O–H groups in total. The molecule has 26 heavy (non-hydrogen) atoms. The lowest BCUT2D eigenvalue weighted by Gasteiger charge is -2.23. The van der Waals surface area contributed by atoms with Crippen LogP contribution in [0.4, 0.5) is 5.69 Å². The maximum atomic E-state index is 12.7. The molecule has 2 aromatic carbocycles. The molecule has 0 unspecified atom stereocenters. The summed E-state index contributed by atoms with van der Waals surface area (Å²) in [4.78, 5) is 27.2. The Hall–Kier alpha value is -2.92. The van der Waals surface area contributed by atoms with E-state index in [0.717, 1.165) is 16.1 Å². The van der Waals surface area contributed by atoms with Gasteiger partial charge in [-0.2, -0.15) is 0 Å². The van der Waals surface area contributed by atoms with Crippen LogP contribution >= 0.6 is 11.3 Å². The van der Waals surface area contributed by atoms with Crippen molar-refractivity contribution in [2.45, 2.75) is 13.0 Å². The van der Waals surface area contributed by atoms with Gasteiger partial charge in [-0.25, -0.2) is 0 Å². The fourth-order valence-electron chi connectivity index (χ4n) is 2.52. The molecule has 4 nitrogen and oxygen atoms in total. The minimum absolute atomic E-state index is 0.189. The number of anilines is 1. The van der Waals surface area contributed by atoms with Crippen LogP contribution in [-0.2, 0) is 27.3 Å². The number of carbonyl (C=O) groups is 2. The first-order valence-electron chi connectivity index (χ1n) is 8.30. The first-order valence-corrected chi connectivity index (χ1v) is 9.17. The zero-order valence-corrected chi connectivity index (χ0v) is 15.0. The van der Waals surface area contributed by atoms with Gasteiger partial charge in [0, 0.05) is 10.6 Å². The van der Waals surface area contributed by atoms with Gasteiger partial charge in [0.2, 0.25) is 0 Å². The fraction of sp³-hybridized carbons (Fsp3) is 0.143. The summed E-state index contributed by atoms with van der Waals surface area (Å²) in [6.45, 7) is 0.151. The van der Waals surface area contributed by atoms with Crippen LogP contribution in [0.15, 0.2) is 78.2 Å². The van der Waals surface area contributed by atoms with Crippen molar-refractivity contribution in [1.29, 1.82) is 0 Å². The highest BCUT2D eigenvalue weighted by Crippen LogP contribution is 2.17. The number of ether oxygens (including phenoxy) is 1. The fourth-order valence-corrected chi connectivity index (χ4v) is 3.21. The van der Waals surface area contributed by atoms with E-state index in [1.807, 2.05) is 78.2 Å². The molecule has 0 aliphatic heterocycles. The number of esters is 1. The Morgan fingerprint density at radius 1 is 0.885 bits per heavy atom. The average molecular weight is 365 g/mol. The lowest BCUT2D eigenvalue weighted by molar-refractivity contribution is -0.147. The first-order chi connectivity index (χ1) is 12.7. The van der Waals surface area contributed by atoms with Gasteiger partial charge in [-0.05, 0) is 29.1 Å². The summed E-state index contributed by atoms with van der Waals surface area (Å²) in [5.41, 5.74) is 1.78. The Balaban J connectivity index is 1.65.